The van der Waals surface area contributed by atoms with E-state index in [4.69, 9.17) is 18.5 Å². The Morgan fingerprint density at radius 2 is 1.71 bits per heavy atom. The Kier molecular flexibility index (Phi) is 8.26. The predicted molar refractivity (Wildman–Crippen MR) is 107 cm³/mol. The average molecular weight is 410 g/mol. The van der Waals surface area contributed by atoms with Gasteiger partial charge < -0.3 is 28.9 Å². The van der Waals surface area contributed by atoms with Crippen molar-refractivity contribution in [2.45, 2.75) is 20.4 Å². The Hall–Kier alpha value is -2.12. The molecule has 0 amide bonds. The van der Waals surface area contributed by atoms with Crippen molar-refractivity contribution in [2.24, 2.45) is 0 Å². The molecular formula is C19H27N2O6P. The molecule has 28 heavy (non-hydrogen) atoms. The lowest BCUT2D eigenvalue weighted by molar-refractivity contribution is 0.218. The van der Waals surface area contributed by atoms with Gasteiger partial charge in [0.1, 0.15) is 0 Å². The Morgan fingerprint density at radius 3 is 2.25 bits per heavy atom. The molecular weight excluding hydrogens is 383 g/mol. The first kappa shape index (κ1) is 22.2. The minimum absolute atomic E-state index is 0.0706. The van der Waals surface area contributed by atoms with Gasteiger partial charge in [0, 0.05) is 18.3 Å². The maximum absolute atomic E-state index is 12.6. The maximum atomic E-state index is 12.6. The molecule has 0 aliphatic heterocycles. The Morgan fingerprint density at radius 1 is 1.11 bits per heavy atom. The Bertz CT molecular complexity index is 795. The standard InChI is InChI=1S/C19H27N2O6P/c1-5-26-28(23,27-6-2)13-20-12-14-8-7-9-21-18(14)15-10-16(24-3)19(22)17(11-15)25-4/h7-11,20,22H,5-6,12-13H2,1-4H3. The number of aromatic hydroxyl groups is 1. The van der Waals surface area contributed by atoms with Crippen LogP contribution in [0.5, 0.6) is 17.2 Å². The van der Waals surface area contributed by atoms with E-state index in [1.807, 2.05) is 12.1 Å². The zero-order valence-corrected chi connectivity index (χ0v) is 17.5. The minimum atomic E-state index is -3.18. The lowest BCUT2D eigenvalue weighted by Crippen LogP contribution is -2.18. The molecule has 1 aromatic heterocycles. The zero-order valence-electron chi connectivity index (χ0n) is 16.6. The van der Waals surface area contributed by atoms with Crippen LogP contribution in [0.3, 0.4) is 0 Å². The van der Waals surface area contributed by atoms with Gasteiger partial charge in [0.05, 0.1) is 39.4 Å². The van der Waals surface area contributed by atoms with Crippen LogP contribution < -0.4 is 14.8 Å². The van der Waals surface area contributed by atoms with Crippen molar-refractivity contribution in [3.05, 3.63) is 36.0 Å². The summed E-state index contributed by atoms with van der Waals surface area (Å²) in [5.74, 6) is 0.505. The molecule has 1 aromatic carbocycles. The number of benzene rings is 1. The van der Waals surface area contributed by atoms with E-state index in [1.54, 1.807) is 32.2 Å². The van der Waals surface area contributed by atoms with Crippen molar-refractivity contribution in [3.63, 3.8) is 0 Å². The lowest BCUT2D eigenvalue weighted by atomic mass is 10.0. The number of phenols is 1. The molecule has 154 valence electrons. The number of phenolic OH excluding ortho intramolecular Hbond substituents is 1. The first-order valence-corrected chi connectivity index (χ1v) is 10.7. The molecule has 2 rings (SSSR count). The van der Waals surface area contributed by atoms with Crippen molar-refractivity contribution in [1.29, 1.82) is 0 Å². The van der Waals surface area contributed by atoms with Crippen molar-refractivity contribution in [1.82, 2.24) is 10.3 Å². The summed E-state index contributed by atoms with van der Waals surface area (Å²) in [5, 5.41) is 13.2. The van der Waals surface area contributed by atoms with E-state index in [1.165, 1.54) is 14.2 Å². The highest BCUT2D eigenvalue weighted by Gasteiger charge is 2.23. The van der Waals surface area contributed by atoms with Crippen LogP contribution in [0, 0.1) is 0 Å². The number of hydrogen-bond acceptors (Lipinski definition) is 8. The number of hydrogen-bond donors (Lipinski definition) is 2. The number of methoxy groups -OCH3 is 2. The molecule has 0 unspecified atom stereocenters. The normalized spacial score (nSPS) is 11.4. The van der Waals surface area contributed by atoms with Gasteiger partial charge in [-0.25, -0.2) is 0 Å². The Balaban J connectivity index is 2.25. The molecule has 2 N–H and O–H groups in total. The van der Waals surface area contributed by atoms with Gasteiger partial charge in [0.15, 0.2) is 11.5 Å². The molecule has 2 aromatic rings. The highest BCUT2D eigenvalue weighted by molar-refractivity contribution is 7.53. The van der Waals surface area contributed by atoms with E-state index < -0.39 is 7.60 Å². The van der Waals surface area contributed by atoms with Gasteiger partial charge in [0.2, 0.25) is 5.75 Å². The quantitative estimate of drug-likeness (QED) is 0.540. The topological polar surface area (TPSA) is 99.1 Å². The third-order valence-electron chi connectivity index (χ3n) is 3.92. The van der Waals surface area contributed by atoms with E-state index in [-0.39, 0.29) is 23.5 Å². The van der Waals surface area contributed by atoms with Crippen LogP contribution in [0.25, 0.3) is 11.3 Å². The van der Waals surface area contributed by atoms with Gasteiger partial charge >= 0.3 is 7.60 Å². The number of nitrogens with zero attached hydrogens (tertiary/aromatic N) is 1. The third kappa shape index (κ3) is 5.45. The number of pyridine rings is 1. The molecule has 0 saturated heterocycles. The fourth-order valence-electron chi connectivity index (χ4n) is 2.72. The molecule has 0 atom stereocenters. The maximum Gasteiger partial charge on any atom is 0.344 e. The van der Waals surface area contributed by atoms with Crippen LogP contribution >= 0.6 is 7.60 Å². The van der Waals surface area contributed by atoms with Gasteiger partial charge in [-0.3, -0.25) is 9.55 Å². The van der Waals surface area contributed by atoms with Crippen molar-refractivity contribution >= 4 is 7.60 Å². The molecule has 1 heterocycles. The van der Waals surface area contributed by atoms with Crippen LogP contribution in [0.15, 0.2) is 30.5 Å². The summed E-state index contributed by atoms with van der Waals surface area (Å²) in [7, 11) is -0.239. The second-order valence-corrected chi connectivity index (χ2v) is 7.83. The number of aromatic nitrogens is 1. The monoisotopic (exact) mass is 410 g/mol. The van der Waals surface area contributed by atoms with Gasteiger partial charge in [0.25, 0.3) is 0 Å². The van der Waals surface area contributed by atoms with E-state index >= 15 is 0 Å². The highest BCUT2D eigenvalue weighted by atomic mass is 31.2. The third-order valence-corrected chi connectivity index (χ3v) is 5.83. The van der Waals surface area contributed by atoms with Crippen LogP contribution in [0.4, 0.5) is 0 Å². The molecule has 0 bridgehead atoms. The zero-order chi connectivity index (χ0) is 20.6. The second-order valence-electron chi connectivity index (χ2n) is 5.77. The number of nitrogens with one attached hydrogen (secondary N) is 1. The van der Waals surface area contributed by atoms with Crippen LogP contribution in [-0.2, 0) is 20.2 Å². The molecule has 0 aliphatic rings. The van der Waals surface area contributed by atoms with Crippen molar-refractivity contribution in [2.75, 3.05) is 33.7 Å². The van der Waals surface area contributed by atoms with E-state index in [0.29, 0.717) is 25.5 Å². The largest absolute Gasteiger partial charge is 0.502 e. The van der Waals surface area contributed by atoms with Crippen LogP contribution in [0.2, 0.25) is 0 Å². The van der Waals surface area contributed by atoms with E-state index in [0.717, 1.165) is 11.1 Å². The molecule has 0 aliphatic carbocycles. The molecule has 0 radical (unpaired) electrons. The van der Waals surface area contributed by atoms with Crippen molar-refractivity contribution in [3.8, 4) is 28.5 Å². The number of rotatable bonds is 11. The average Bonchev–Trinajstić information content (AvgIpc) is 2.69. The number of ether oxygens (including phenoxy) is 2. The summed E-state index contributed by atoms with van der Waals surface area (Å²) in [6.07, 6.45) is 1.77. The van der Waals surface area contributed by atoms with Gasteiger partial charge in [-0.1, -0.05) is 6.07 Å². The lowest BCUT2D eigenvalue weighted by Gasteiger charge is -2.18. The van der Waals surface area contributed by atoms with Gasteiger partial charge in [-0.15, -0.1) is 0 Å². The second kappa shape index (κ2) is 10.4. The first-order valence-electron chi connectivity index (χ1n) is 8.96. The van der Waals surface area contributed by atoms with E-state index in [9.17, 15) is 9.67 Å². The molecule has 0 fully saturated rings. The smallest absolute Gasteiger partial charge is 0.344 e. The summed E-state index contributed by atoms with van der Waals surface area (Å²) in [5.41, 5.74) is 2.28. The fourth-order valence-corrected chi connectivity index (χ4v) is 4.15. The molecule has 9 heteroatoms. The Labute approximate surface area is 165 Å². The summed E-state index contributed by atoms with van der Waals surface area (Å²) in [6, 6.07) is 7.11. The minimum Gasteiger partial charge on any atom is -0.502 e. The van der Waals surface area contributed by atoms with Gasteiger partial charge in [-0.05, 0) is 37.6 Å². The van der Waals surface area contributed by atoms with E-state index in [2.05, 4.69) is 10.3 Å². The molecule has 0 saturated carbocycles. The molecule has 0 spiro atoms. The summed E-state index contributed by atoms with van der Waals surface area (Å²) in [6.45, 7) is 4.57. The molecule has 8 nitrogen and oxygen atoms in total. The highest BCUT2D eigenvalue weighted by Crippen LogP contribution is 2.46. The summed E-state index contributed by atoms with van der Waals surface area (Å²) < 4.78 is 33.6. The fraction of sp³-hybridized carbons (Fsp3) is 0.421. The SMILES string of the molecule is CCOP(=O)(CNCc1cccnc1-c1cc(OC)c(O)c(OC)c1)OCC. The summed E-state index contributed by atoms with van der Waals surface area (Å²) in [4.78, 5) is 4.45. The predicted octanol–water partition coefficient (Wildman–Crippen LogP) is 3.78. The van der Waals surface area contributed by atoms with Gasteiger partial charge in [-0.2, -0.15) is 0 Å². The first-order chi connectivity index (χ1) is 13.5. The summed E-state index contributed by atoms with van der Waals surface area (Å²) >= 11 is 0. The van der Waals surface area contributed by atoms with Crippen LogP contribution in [0.1, 0.15) is 19.4 Å². The van der Waals surface area contributed by atoms with Crippen LogP contribution in [-0.4, -0.2) is 43.8 Å². The van der Waals surface area contributed by atoms with Crippen molar-refractivity contribution < 1.29 is 28.2 Å².